The third kappa shape index (κ3) is 3.63. The van der Waals surface area contributed by atoms with Crippen LogP contribution in [0.1, 0.15) is 17.3 Å². The predicted molar refractivity (Wildman–Crippen MR) is 67.6 cm³/mol. The normalized spacial score (nSPS) is 10.5. The number of carbonyl (C=O) groups excluding carboxylic acids is 1. The fraction of sp³-hybridized carbons (Fsp3) is 0.222. The molecule has 0 heterocycles. The van der Waals surface area contributed by atoms with Gasteiger partial charge in [-0.05, 0) is 49.6 Å². The Hall–Kier alpha value is 0.230. The van der Waals surface area contributed by atoms with Gasteiger partial charge in [0.05, 0.1) is 8.95 Å². The summed E-state index contributed by atoms with van der Waals surface area (Å²) in [6, 6.07) is 3.40. The first-order valence-corrected chi connectivity index (χ1v) is 6.33. The maximum atomic E-state index is 10.8. The molecule has 82 valence electrons. The average Bonchev–Trinajstić information content (AvgIpc) is 2.10. The molecule has 0 atom stereocenters. The van der Waals surface area contributed by atoms with Gasteiger partial charge in [0, 0.05) is 6.92 Å². The van der Waals surface area contributed by atoms with Crippen LogP contribution in [0.15, 0.2) is 21.1 Å². The molecular formula is C9H6Br2Cl2O2. The van der Waals surface area contributed by atoms with Gasteiger partial charge in [-0.2, -0.15) is 0 Å². The Bertz CT molecular complexity index is 371. The van der Waals surface area contributed by atoms with Gasteiger partial charge in [-0.3, -0.25) is 4.79 Å². The van der Waals surface area contributed by atoms with Gasteiger partial charge < -0.3 is 4.74 Å². The molecule has 15 heavy (non-hydrogen) atoms. The van der Waals surface area contributed by atoms with E-state index >= 15 is 0 Å². The van der Waals surface area contributed by atoms with E-state index in [1.54, 1.807) is 12.1 Å². The van der Waals surface area contributed by atoms with Crippen LogP contribution in [0.5, 0.6) is 5.75 Å². The minimum Gasteiger partial charge on any atom is -0.424 e. The molecule has 0 radical (unpaired) electrons. The van der Waals surface area contributed by atoms with Crippen molar-refractivity contribution < 1.29 is 9.53 Å². The van der Waals surface area contributed by atoms with Gasteiger partial charge in [-0.25, -0.2) is 0 Å². The number of esters is 1. The fourth-order valence-corrected chi connectivity index (χ4v) is 2.58. The van der Waals surface area contributed by atoms with Crippen LogP contribution in [-0.2, 0) is 4.79 Å². The van der Waals surface area contributed by atoms with Crippen molar-refractivity contribution in [1.29, 1.82) is 0 Å². The Labute approximate surface area is 114 Å². The Morgan fingerprint density at radius 2 is 1.80 bits per heavy atom. The van der Waals surface area contributed by atoms with Crippen LogP contribution < -0.4 is 4.74 Å². The molecule has 0 unspecified atom stereocenters. The number of carbonyl (C=O) groups is 1. The lowest BCUT2D eigenvalue weighted by atomic mass is 10.2. The number of alkyl halides is 2. The molecule has 0 fully saturated rings. The summed E-state index contributed by atoms with van der Waals surface area (Å²) in [5.74, 6) is 0.0256. The van der Waals surface area contributed by atoms with Crippen LogP contribution in [0.2, 0.25) is 0 Å². The summed E-state index contributed by atoms with van der Waals surface area (Å²) in [5.41, 5.74) is 0.716. The molecule has 0 bridgehead atoms. The summed E-state index contributed by atoms with van der Waals surface area (Å²) in [7, 11) is 0. The lowest BCUT2D eigenvalue weighted by Crippen LogP contribution is -2.03. The second-order valence-electron chi connectivity index (χ2n) is 2.71. The van der Waals surface area contributed by atoms with Crippen LogP contribution in [0.4, 0.5) is 0 Å². The minimum atomic E-state index is -0.621. The van der Waals surface area contributed by atoms with Gasteiger partial charge in [0.2, 0.25) is 0 Å². The van der Waals surface area contributed by atoms with Crippen molar-refractivity contribution in [1.82, 2.24) is 0 Å². The number of hydrogen-bond acceptors (Lipinski definition) is 2. The summed E-state index contributed by atoms with van der Waals surface area (Å²) in [6.07, 6.45) is 0. The Balaban J connectivity index is 3.15. The van der Waals surface area contributed by atoms with E-state index in [9.17, 15) is 4.79 Å². The first kappa shape index (κ1) is 13.3. The molecule has 2 nitrogen and oxygen atoms in total. The topological polar surface area (TPSA) is 26.3 Å². The molecule has 0 aromatic heterocycles. The van der Waals surface area contributed by atoms with Gasteiger partial charge in [0.25, 0.3) is 0 Å². The number of benzene rings is 1. The summed E-state index contributed by atoms with van der Waals surface area (Å²) >= 11 is 18.0. The molecule has 1 aromatic rings. The van der Waals surface area contributed by atoms with Crippen molar-refractivity contribution in [2.45, 2.75) is 11.8 Å². The molecule has 0 amide bonds. The molecule has 0 N–H and O–H groups in total. The Morgan fingerprint density at radius 3 is 2.13 bits per heavy atom. The lowest BCUT2D eigenvalue weighted by Gasteiger charge is -2.10. The molecule has 6 heteroatoms. The molecule has 0 saturated heterocycles. The lowest BCUT2D eigenvalue weighted by molar-refractivity contribution is -0.131. The van der Waals surface area contributed by atoms with Crippen molar-refractivity contribution in [3.63, 3.8) is 0 Å². The van der Waals surface area contributed by atoms with Crippen LogP contribution in [-0.4, -0.2) is 5.97 Å². The maximum Gasteiger partial charge on any atom is 0.308 e. The smallest absolute Gasteiger partial charge is 0.308 e. The monoisotopic (exact) mass is 374 g/mol. The number of hydrogen-bond donors (Lipinski definition) is 0. The van der Waals surface area contributed by atoms with Crippen molar-refractivity contribution in [2.75, 3.05) is 0 Å². The molecule has 0 aliphatic rings. The van der Waals surface area contributed by atoms with Crippen LogP contribution >= 0.6 is 55.1 Å². The maximum absolute atomic E-state index is 10.8. The highest BCUT2D eigenvalue weighted by Crippen LogP contribution is 2.38. The first-order valence-electron chi connectivity index (χ1n) is 3.87. The van der Waals surface area contributed by atoms with Crippen LogP contribution in [0.3, 0.4) is 0 Å². The van der Waals surface area contributed by atoms with Crippen LogP contribution in [0.25, 0.3) is 0 Å². The van der Waals surface area contributed by atoms with E-state index in [4.69, 9.17) is 27.9 Å². The quantitative estimate of drug-likeness (QED) is 0.428. The van der Waals surface area contributed by atoms with Gasteiger partial charge >= 0.3 is 5.97 Å². The molecule has 1 aromatic carbocycles. The van der Waals surface area contributed by atoms with Gasteiger partial charge in [-0.1, -0.05) is 0 Å². The molecular weight excluding hydrogens is 371 g/mol. The van der Waals surface area contributed by atoms with Crippen molar-refractivity contribution >= 4 is 61.0 Å². The number of halogens is 4. The highest BCUT2D eigenvalue weighted by molar-refractivity contribution is 9.11. The van der Waals surface area contributed by atoms with Gasteiger partial charge in [0.15, 0.2) is 5.75 Å². The highest BCUT2D eigenvalue weighted by atomic mass is 79.9. The van der Waals surface area contributed by atoms with Crippen molar-refractivity contribution in [3.05, 3.63) is 26.6 Å². The standard InChI is InChI=1S/C9H6Br2Cl2O2/c1-4(14)15-8-6(10)2-5(9(12)13)3-7(8)11/h2-3,9H,1H3. The minimum absolute atomic E-state index is 0.391. The Kier molecular flexibility index (Phi) is 4.90. The van der Waals surface area contributed by atoms with E-state index in [0.717, 1.165) is 0 Å². The van der Waals surface area contributed by atoms with E-state index < -0.39 is 10.8 Å². The number of rotatable bonds is 2. The second-order valence-corrected chi connectivity index (χ2v) is 5.51. The molecule has 0 aliphatic heterocycles. The first-order chi connectivity index (χ1) is 6.91. The van der Waals surface area contributed by atoms with Crippen molar-refractivity contribution in [3.8, 4) is 5.75 Å². The SMILES string of the molecule is CC(=O)Oc1c(Br)cc(C(Cl)Cl)cc1Br. The summed E-state index contributed by atoms with van der Waals surface area (Å²) in [5, 5.41) is 0. The van der Waals surface area contributed by atoms with Gasteiger partial charge in [-0.15, -0.1) is 23.2 Å². The number of ether oxygens (including phenoxy) is 1. The zero-order chi connectivity index (χ0) is 11.6. The summed E-state index contributed by atoms with van der Waals surface area (Å²) < 4.78 is 6.23. The molecule has 0 saturated carbocycles. The molecule has 0 spiro atoms. The third-order valence-electron chi connectivity index (χ3n) is 1.52. The van der Waals surface area contributed by atoms with E-state index in [0.29, 0.717) is 20.3 Å². The summed E-state index contributed by atoms with van der Waals surface area (Å²) in [4.78, 5) is 10.2. The van der Waals surface area contributed by atoms with Gasteiger partial charge in [0.1, 0.15) is 4.84 Å². The molecule has 1 rings (SSSR count). The fourth-order valence-electron chi connectivity index (χ4n) is 0.947. The van der Waals surface area contributed by atoms with Crippen LogP contribution in [0, 0.1) is 0 Å². The largest absolute Gasteiger partial charge is 0.424 e. The van der Waals surface area contributed by atoms with E-state index in [2.05, 4.69) is 31.9 Å². The zero-order valence-electron chi connectivity index (χ0n) is 7.56. The third-order valence-corrected chi connectivity index (χ3v) is 3.20. The Morgan fingerprint density at radius 1 is 1.33 bits per heavy atom. The van der Waals surface area contributed by atoms with E-state index in [1.165, 1.54) is 6.92 Å². The van der Waals surface area contributed by atoms with Crippen molar-refractivity contribution in [2.24, 2.45) is 0 Å². The zero-order valence-corrected chi connectivity index (χ0v) is 12.2. The highest BCUT2D eigenvalue weighted by Gasteiger charge is 2.13. The predicted octanol–water partition coefficient (Wildman–Crippen LogP) is 4.61. The van der Waals surface area contributed by atoms with E-state index in [1.807, 2.05) is 0 Å². The molecule has 0 aliphatic carbocycles. The summed E-state index contributed by atoms with van der Waals surface area (Å²) in [6.45, 7) is 1.33. The average molecular weight is 377 g/mol. The van der Waals surface area contributed by atoms with E-state index in [-0.39, 0.29) is 0 Å². The second kappa shape index (κ2) is 5.53.